The molecule has 3 aromatic rings. The predicted molar refractivity (Wildman–Crippen MR) is 92.0 cm³/mol. The number of aromatic amines is 1. The standard InChI is InChI=1S/C15H11N3O2S2/c19-18(20)9-13(10-4-2-1-3-5-10)16-11-6-7-12-14(8-11)22-15(21)17-12/h1-9,16H,(H,17,21). The number of thiazole rings is 1. The molecule has 0 aliphatic carbocycles. The number of hydrogen-bond acceptors (Lipinski definition) is 5. The number of anilines is 1. The summed E-state index contributed by atoms with van der Waals surface area (Å²) in [6, 6.07) is 14.9. The average molecular weight is 329 g/mol. The van der Waals surface area contributed by atoms with Crippen molar-refractivity contribution in [3.63, 3.8) is 0 Å². The van der Waals surface area contributed by atoms with Gasteiger partial charge in [0.2, 0.25) is 0 Å². The molecule has 0 bridgehead atoms. The predicted octanol–water partition coefficient (Wildman–Crippen LogP) is 4.65. The molecule has 7 heteroatoms. The molecule has 22 heavy (non-hydrogen) atoms. The number of benzene rings is 2. The molecule has 5 nitrogen and oxygen atoms in total. The number of fused-ring (bicyclic) bond motifs is 1. The van der Waals surface area contributed by atoms with E-state index in [0.717, 1.165) is 27.7 Å². The van der Waals surface area contributed by atoms with Crippen LogP contribution < -0.4 is 5.32 Å². The molecule has 0 unspecified atom stereocenters. The second kappa shape index (κ2) is 6.08. The highest BCUT2D eigenvalue weighted by Gasteiger charge is 2.08. The van der Waals surface area contributed by atoms with Crippen LogP contribution in [0.5, 0.6) is 0 Å². The minimum atomic E-state index is -0.464. The first kappa shape index (κ1) is 14.4. The molecule has 0 saturated carbocycles. The van der Waals surface area contributed by atoms with Crippen LogP contribution in [0.1, 0.15) is 5.56 Å². The van der Waals surface area contributed by atoms with E-state index in [1.165, 1.54) is 11.3 Å². The zero-order valence-corrected chi connectivity index (χ0v) is 12.9. The Labute approximate surface area is 135 Å². The van der Waals surface area contributed by atoms with Crippen molar-refractivity contribution in [3.05, 3.63) is 74.4 Å². The van der Waals surface area contributed by atoms with Gasteiger partial charge in [0, 0.05) is 11.3 Å². The third-order valence-corrected chi connectivity index (χ3v) is 4.22. The van der Waals surface area contributed by atoms with E-state index in [2.05, 4.69) is 10.3 Å². The molecule has 0 saturated heterocycles. The van der Waals surface area contributed by atoms with Gasteiger partial charge in [0.15, 0.2) is 3.95 Å². The summed E-state index contributed by atoms with van der Waals surface area (Å²) in [5.74, 6) is 0. The average Bonchev–Trinajstić information content (AvgIpc) is 2.86. The molecule has 0 atom stereocenters. The van der Waals surface area contributed by atoms with E-state index < -0.39 is 4.92 Å². The Morgan fingerprint density at radius 1 is 1.27 bits per heavy atom. The summed E-state index contributed by atoms with van der Waals surface area (Å²) in [4.78, 5) is 13.5. The maximum atomic E-state index is 10.9. The maximum Gasteiger partial charge on any atom is 0.258 e. The fraction of sp³-hybridized carbons (Fsp3) is 0. The molecule has 2 aromatic carbocycles. The summed E-state index contributed by atoms with van der Waals surface area (Å²) >= 11 is 6.59. The third kappa shape index (κ3) is 3.21. The summed E-state index contributed by atoms with van der Waals surface area (Å²) < 4.78 is 1.71. The largest absolute Gasteiger partial charge is 0.350 e. The third-order valence-electron chi connectivity index (χ3n) is 3.02. The van der Waals surface area contributed by atoms with Crippen LogP contribution in [-0.2, 0) is 0 Å². The van der Waals surface area contributed by atoms with Crippen LogP contribution in [0.15, 0.2) is 54.7 Å². The van der Waals surface area contributed by atoms with Gasteiger partial charge in [-0.05, 0) is 30.4 Å². The van der Waals surface area contributed by atoms with Gasteiger partial charge in [0.1, 0.15) is 5.70 Å². The van der Waals surface area contributed by atoms with Gasteiger partial charge in [-0.2, -0.15) is 0 Å². The Hall–Kier alpha value is -2.51. The second-order valence-corrected chi connectivity index (χ2v) is 6.26. The van der Waals surface area contributed by atoms with Gasteiger partial charge >= 0.3 is 0 Å². The molecule has 1 aromatic heterocycles. The number of H-pyrrole nitrogens is 1. The van der Waals surface area contributed by atoms with Gasteiger partial charge < -0.3 is 10.3 Å². The zero-order chi connectivity index (χ0) is 15.5. The molecule has 0 fully saturated rings. The number of aromatic nitrogens is 1. The van der Waals surface area contributed by atoms with Gasteiger partial charge in [0.25, 0.3) is 6.20 Å². The van der Waals surface area contributed by atoms with E-state index in [9.17, 15) is 10.1 Å². The summed E-state index contributed by atoms with van der Waals surface area (Å²) in [5, 5.41) is 14.0. The molecule has 0 aliphatic rings. The molecule has 2 N–H and O–H groups in total. The summed E-state index contributed by atoms with van der Waals surface area (Å²) in [6.45, 7) is 0. The normalized spacial score (nSPS) is 11.5. The van der Waals surface area contributed by atoms with E-state index in [1.54, 1.807) is 0 Å². The SMILES string of the molecule is O=[N+]([O-])C=C(Nc1ccc2[nH]c(=S)sc2c1)c1ccccc1. The minimum Gasteiger partial charge on any atom is -0.350 e. The lowest BCUT2D eigenvalue weighted by Gasteiger charge is -2.09. The van der Waals surface area contributed by atoms with Crippen LogP contribution in [0, 0.1) is 14.1 Å². The number of nitro groups is 1. The highest BCUT2D eigenvalue weighted by Crippen LogP contribution is 2.25. The number of hydrogen-bond donors (Lipinski definition) is 2. The van der Waals surface area contributed by atoms with Gasteiger partial charge in [0.05, 0.1) is 15.1 Å². The van der Waals surface area contributed by atoms with E-state index in [0.29, 0.717) is 9.65 Å². The Bertz CT molecular complexity index is 913. The van der Waals surface area contributed by atoms with Crippen LogP contribution in [0.25, 0.3) is 15.9 Å². The van der Waals surface area contributed by atoms with Crippen molar-refractivity contribution in [1.29, 1.82) is 0 Å². The second-order valence-electron chi connectivity index (χ2n) is 4.54. The number of nitrogens with zero attached hydrogens (tertiary/aromatic N) is 1. The van der Waals surface area contributed by atoms with Crippen molar-refractivity contribution in [2.24, 2.45) is 0 Å². The summed E-state index contributed by atoms with van der Waals surface area (Å²) in [6.07, 6.45) is 0.971. The van der Waals surface area contributed by atoms with Crippen LogP contribution in [0.2, 0.25) is 0 Å². The van der Waals surface area contributed by atoms with Gasteiger partial charge in [-0.1, -0.05) is 30.3 Å². The van der Waals surface area contributed by atoms with Crippen LogP contribution >= 0.6 is 23.6 Å². The quantitative estimate of drug-likeness (QED) is 0.415. The van der Waals surface area contributed by atoms with Crippen molar-refractivity contribution in [2.75, 3.05) is 5.32 Å². The first-order valence-electron chi connectivity index (χ1n) is 6.42. The first-order chi connectivity index (χ1) is 10.6. The molecular weight excluding hydrogens is 318 g/mol. The lowest BCUT2D eigenvalue weighted by Crippen LogP contribution is -2.01. The zero-order valence-electron chi connectivity index (χ0n) is 11.3. The molecule has 0 amide bonds. The van der Waals surface area contributed by atoms with Crippen LogP contribution in [-0.4, -0.2) is 9.91 Å². The van der Waals surface area contributed by atoms with Crippen molar-refractivity contribution >= 4 is 45.2 Å². The molecule has 3 rings (SSSR count). The fourth-order valence-electron chi connectivity index (χ4n) is 2.08. The molecule has 110 valence electrons. The first-order valence-corrected chi connectivity index (χ1v) is 7.65. The molecule has 0 spiro atoms. The highest BCUT2D eigenvalue weighted by atomic mass is 32.1. The fourth-order valence-corrected chi connectivity index (χ4v) is 3.24. The smallest absolute Gasteiger partial charge is 0.258 e. The monoisotopic (exact) mass is 329 g/mol. The number of rotatable bonds is 4. The summed E-state index contributed by atoms with van der Waals surface area (Å²) in [7, 11) is 0. The Morgan fingerprint density at radius 3 is 2.77 bits per heavy atom. The lowest BCUT2D eigenvalue weighted by atomic mass is 10.1. The Balaban J connectivity index is 1.98. The Morgan fingerprint density at radius 2 is 2.05 bits per heavy atom. The number of nitrogens with one attached hydrogen (secondary N) is 2. The van der Waals surface area contributed by atoms with E-state index in [1.807, 2.05) is 48.5 Å². The Kier molecular flexibility index (Phi) is 3.99. The van der Waals surface area contributed by atoms with Gasteiger partial charge in [-0.3, -0.25) is 10.1 Å². The topological polar surface area (TPSA) is 71.0 Å². The van der Waals surface area contributed by atoms with Crippen molar-refractivity contribution in [3.8, 4) is 0 Å². The minimum absolute atomic E-state index is 0.434. The molecular formula is C15H11N3O2S2. The maximum absolute atomic E-state index is 10.9. The van der Waals surface area contributed by atoms with Crippen LogP contribution in [0.4, 0.5) is 5.69 Å². The van der Waals surface area contributed by atoms with Crippen molar-refractivity contribution < 1.29 is 4.92 Å². The van der Waals surface area contributed by atoms with Crippen molar-refractivity contribution in [1.82, 2.24) is 4.98 Å². The molecule has 0 aliphatic heterocycles. The van der Waals surface area contributed by atoms with Gasteiger partial charge in [-0.25, -0.2) is 0 Å². The van der Waals surface area contributed by atoms with Crippen molar-refractivity contribution in [2.45, 2.75) is 0 Å². The van der Waals surface area contributed by atoms with E-state index in [4.69, 9.17) is 12.2 Å². The van der Waals surface area contributed by atoms with E-state index in [-0.39, 0.29) is 0 Å². The molecule has 1 heterocycles. The lowest BCUT2D eigenvalue weighted by molar-refractivity contribution is -0.401. The van der Waals surface area contributed by atoms with Crippen LogP contribution in [0.3, 0.4) is 0 Å². The highest BCUT2D eigenvalue weighted by molar-refractivity contribution is 7.73. The molecule has 0 radical (unpaired) electrons. The summed E-state index contributed by atoms with van der Waals surface area (Å²) in [5.41, 5.74) is 2.92. The van der Waals surface area contributed by atoms with E-state index >= 15 is 0 Å². The van der Waals surface area contributed by atoms with Gasteiger partial charge in [-0.15, -0.1) is 11.3 Å².